The zero-order chi connectivity index (χ0) is 27.4. The second-order valence-electron chi connectivity index (χ2n) is 11.5. The fourth-order valence-corrected chi connectivity index (χ4v) is 5.59. The second-order valence-corrected chi connectivity index (χ2v) is 11.5. The molecule has 1 aromatic heterocycles. The first-order valence-corrected chi connectivity index (χ1v) is 12.9. The number of aliphatic hydroxyl groups excluding tert-OH is 1. The average Bonchev–Trinajstić information content (AvgIpc) is 3.64. The van der Waals surface area contributed by atoms with Crippen LogP contribution < -0.4 is 20.5 Å². The minimum Gasteiger partial charge on any atom is -0.485 e. The van der Waals surface area contributed by atoms with Gasteiger partial charge in [0, 0.05) is 23.7 Å². The van der Waals surface area contributed by atoms with Gasteiger partial charge >= 0.3 is 0 Å². The molecule has 10 nitrogen and oxygen atoms in total. The van der Waals surface area contributed by atoms with E-state index in [1.165, 1.54) is 12.0 Å². The summed E-state index contributed by atoms with van der Waals surface area (Å²) in [7, 11) is 1.53. The van der Waals surface area contributed by atoms with Gasteiger partial charge in [0.15, 0.2) is 5.96 Å². The number of nitrogens with one attached hydrogen (secondary N) is 1. The van der Waals surface area contributed by atoms with Gasteiger partial charge in [-0.25, -0.2) is 9.98 Å². The van der Waals surface area contributed by atoms with Crippen molar-refractivity contribution in [3.63, 3.8) is 0 Å². The van der Waals surface area contributed by atoms with Crippen molar-refractivity contribution in [2.75, 3.05) is 7.11 Å². The predicted octanol–water partition coefficient (Wildman–Crippen LogP) is 2.48. The minimum absolute atomic E-state index is 0.133. The first-order valence-electron chi connectivity index (χ1n) is 12.9. The number of nitrogens with zero attached hydrogens (tertiary/aromatic N) is 3. The topological polar surface area (TPSA) is 139 Å². The molecule has 1 fully saturated rings. The number of carbonyl (C=O) groups excluding carboxylic acids is 2. The Labute approximate surface area is 222 Å². The Hall–Kier alpha value is -3.66. The Kier molecular flexibility index (Phi) is 6.33. The number of aromatic nitrogens is 1. The second kappa shape index (κ2) is 9.27. The number of guanidine groups is 1. The molecule has 0 bridgehead atoms. The third-order valence-corrected chi connectivity index (χ3v) is 7.64. The first kappa shape index (κ1) is 26.0. The average molecular weight is 522 g/mol. The number of nitrogens with two attached hydrogens (primary N) is 1. The van der Waals surface area contributed by atoms with E-state index in [-0.39, 0.29) is 36.0 Å². The quantitative estimate of drug-likeness (QED) is 0.531. The van der Waals surface area contributed by atoms with Crippen molar-refractivity contribution in [3.05, 3.63) is 53.7 Å². The summed E-state index contributed by atoms with van der Waals surface area (Å²) in [5.74, 6) is 0.275. The highest BCUT2D eigenvalue weighted by Gasteiger charge is 2.54. The maximum atomic E-state index is 13.6. The number of ether oxygens (including phenoxy) is 2. The summed E-state index contributed by atoms with van der Waals surface area (Å²) in [4.78, 5) is 37.3. The highest BCUT2D eigenvalue weighted by atomic mass is 16.5. The van der Waals surface area contributed by atoms with E-state index in [0.717, 1.165) is 11.1 Å². The number of fused-ring (bicyclic) bond motifs is 1. The number of hydrogen-bond acceptors (Lipinski definition) is 8. The van der Waals surface area contributed by atoms with Gasteiger partial charge in [-0.15, -0.1) is 0 Å². The standard InChI is InChI=1S/C28H35N5O5/c1-27(2)13-21(34)33(26(29)32-27)23(15-10-11-20(37-5)30-14-15)17-12-18(17)25(36)31-22-16-8-6-7-9-19(16)38-28(3,4)24(22)35/h6-11,14,17-18,22-24,35H,12-13H2,1-5H3,(H2,29,32)(H,31,36)/t17?,18-,22-,23-,24+/m1/s1. The minimum atomic E-state index is -0.950. The lowest BCUT2D eigenvalue weighted by molar-refractivity contribution is -0.132. The molecule has 0 radical (unpaired) electrons. The summed E-state index contributed by atoms with van der Waals surface area (Å²) < 4.78 is 11.2. The van der Waals surface area contributed by atoms with Gasteiger partial charge in [0.25, 0.3) is 0 Å². The summed E-state index contributed by atoms with van der Waals surface area (Å²) in [5, 5.41) is 14.1. The molecule has 1 aliphatic carbocycles. The van der Waals surface area contributed by atoms with Gasteiger partial charge in [-0.1, -0.05) is 24.3 Å². The van der Waals surface area contributed by atoms with E-state index in [1.54, 1.807) is 26.1 Å². The van der Waals surface area contributed by atoms with Crippen LogP contribution in [0.5, 0.6) is 11.6 Å². The van der Waals surface area contributed by atoms with Crippen molar-refractivity contribution in [2.24, 2.45) is 22.6 Å². The molecule has 38 heavy (non-hydrogen) atoms. The molecular formula is C28H35N5O5. The van der Waals surface area contributed by atoms with E-state index in [9.17, 15) is 14.7 Å². The van der Waals surface area contributed by atoms with Gasteiger partial charge in [-0.05, 0) is 51.7 Å². The van der Waals surface area contributed by atoms with Crippen LogP contribution in [0.3, 0.4) is 0 Å². The van der Waals surface area contributed by atoms with Crippen molar-refractivity contribution in [1.82, 2.24) is 15.2 Å². The Balaban J connectivity index is 1.42. The van der Waals surface area contributed by atoms with Gasteiger partial charge in [-0.3, -0.25) is 14.5 Å². The molecule has 3 heterocycles. The maximum absolute atomic E-state index is 13.6. The Bertz CT molecular complexity index is 1270. The van der Waals surface area contributed by atoms with Gasteiger partial charge in [-0.2, -0.15) is 0 Å². The van der Waals surface area contributed by atoms with Crippen LogP contribution in [0.15, 0.2) is 47.6 Å². The number of aliphatic imine (C=N–C) groups is 1. The van der Waals surface area contributed by atoms with Crippen molar-refractivity contribution in [2.45, 2.75) is 69.9 Å². The first-order chi connectivity index (χ1) is 17.9. The molecule has 1 unspecified atom stereocenters. The highest BCUT2D eigenvalue weighted by Crippen LogP contribution is 2.51. The largest absolute Gasteiger partial charge is 0.485 e. The number of hydrogen-bond donors (Lipinski definition) is 3. The van der Waals surface area contributed by atoms with E-state index in [1.807, 2.05) is 44.2 Å². The van der Waals surface area contributed by atoms with Crippen LogP contribution in [0.25, 0.3) is 0 Å². The lowest BCUT2D eigenvalue weighted by Crippen LogP contribution is -2.54. The molecule has 5 atom stereocenters. The van der Waals surface area contributed by atoms with Crippen LogP contribution in [0, 0.1) is 11.8 Å². The third kappa shape index (κ3) is 4.69. The van der Waals surface area contributed by atoms with E-state index >= 15 is 0 Å². The van der Waals surface area contributed by atoms with Crippen molar-refractivity contribution >= 4 is 17.8 Å². The molecule has 1 aromatic carbocycles. The van der Waals surface area contributed by atoms with E-state index in [4.69, 9.17) is 15.2 Å². The smallest absolute Gasteiger partial charge is 0.232 e. The number of benzene rings is 1. The van der Waals surface area contributed by atoms with Gasteiger partial charge < -0.3 is 25.6 Å². The zero-order valence-corrected chi connectivity index (χ0v) is 22.3. The van der Waals surface area contributed by atoms with Gasteiger partial charge in [0.2, 0.25) is 17.7 Å². The number of methoxy groups -OCH3 is 1. The maximum Gasteiger partial charge on any atom is 0.232 e. The number of aliphatic hydroxyl groups is 1. The molecule has 10 heteroatoms. The van der Waals surface area contributed by atoms with Crippen LogP contribution in [0.4, 0.5) is 0 Å². The molecule has 202 valence electrons. The molecule has 2 amide bonds. The molecule has 5 rings (SSSR count). The molecule has 0 saturated heterocycles. The number of pyridine rings is 1. The lowest BCUT2D eigenvalue weighted by atomic mass is 9.86. The number of amides is 2. The molecule has 0 spiro atoms. The number of para-hydroxylation sites is 1. The Morgan fingerprint density at radius 2 is 1.97 bits per heavy atom. The fourth-order valence-electron chi connectivity index (χ4n) is 5.59. The Morgan fingerprint density at radius 3 is 2.63 bits per heavy atom. The normalized spacial score (nSPS) is 27.9. The summed E-state index contributed by atoms with van der Waals surface area (Å²) in [6.45, 7) is 7.33. The summed E-state index contributed by atoms with van der Waals surface area (Å²) in [5.41, 5.74) is 6.33. The molecule has 4 N–H and O–H groups in total. The molecule has 2 aliphatic heterocycles. The SMILES string of the molecule is COc1ccc([C@H](C2C[C@H]2C(=O)N[C@@H]2c3ccccc3OC(C)(C)[C@H]2O)N2C(=O)CC(C)(C)N=C2N)cn1. The number of carbonyl (C=O) groups is 2. The summed E-state index contributed by atoms with van der Waals surface area (Å²) in [6, 6.07) is 9.81. The van der Waals surface area contributed by atoms with Crippen LogP contribution in [-0.2, 0) is 9.59 Å². The predicted molar refractivity (Wildman–Crippen MR) is 140 cm³/mol. The summed E-state index contributed by atoms with van der Waals surface area (Å²) >= 11 is 0. The highest BCUT2D eigenvalue weighted by molar-refractivity contribution is 5.99. The summed E-state index contributed by atoms with van der Waals surface area (Å²) in [6.07, 6.45) is 1.46. The van der Waals surface area contributed by atoms with Crippen LogP contribution in [0.2, 0.25) is 0 Å². The van der Waals surface area contributed by atoms with Gasteiger partial charge in [0.05, 0.1) is 31.2 Å². The molecule has 3 aliphatic rings. The van der Waals surface area contributed by atoms with E-state index in [0.29, 0.717) is 18.1 Å². The number of rotatable bonds is 6. The van der Waals surface area contributed by atoms with E-state index < -0.39 is 29.3 Å². The van der Waals surface area contributed by atoms with Crippen LogP contribution in [0.1, 0.15) is 63.7 Å². The van der Waals surface area contributed by atoms with Gasteiger partial charge in [0.1, 0.15) is 17.5 Å². The fraction of sp³-hybridized carbons (Fsp3) is 0.500. The van der Waals surface area contributed by atoms with Crippen molar-refractivity contribution in [3.8, 4) is 11.6 Å². The molecule has 2 aromatic rings. The lowest BCUT2D eigenvalue weighted by Gasteiger charge is -2.42. The monoisotopic (exact) mass is 521 g/mol. The Morgan fingerprint density at radius 1 is 1.24 bits per heavy atom. The molecular weight excluding hydrogens is 486 g/mol. The van der Waals surface area contributed by atoms with E-state index in [2.05, 4.69) is 15.3 Å². The molecule has 1 saturated carbocycles. The third-order valence-electron chi connectivity index (χ3n) is 7.64. The van der Waals surface area contributed by atoms with Crippen molar-refractivity contribution in [1.29, 1.82) is 0 Å². The van der Waals surface area contributed by atoms with Crippen LogP contribution >= 0.6 is 0 Å². The zero-order valence-electron chi connectivity index (χ0n) is 22.3. The van der Waals surface area contributed by atoms with Crippen LogP contribution in [-0.4, -0.2) is 57.1 Å². The van der Waals surface area contributed by atoms with Crippen molar-refractivity contribution < 1.29 is 24.2 Å².